The zero-order chi connectivity index (χ0) is 15.7. The molecule has 1 aliphatic carbocycles. The third-order valence-electron chi connectivity index (χ3n) is 4.14. The van der Waals surface area contributed by atoms with E-state index in [1.807, 2.05) is 0 Å². The molecule has 1 atom stereocenters. The summed E-state index contributed by atoms with van der Waals surface area (Å²) in [5.41, 5.74) is -0.519. The normalized spacial score (nSPS) is 21.9. The summed E-state index contributed by atoms with van der Waals surface area (Å²) in [4.78, 5) is 14.1. The molecule has 1 heterocycles. The zero-order valence-electron chi connectivity index (χ0n) is 12.1. The summed E-state index contributed by atoms with van der Waals surface area (Å²) in [5.74, 6) is -0.169. The Balaban J connectivity index is 1.81. The smallest absolute Gasteiger partial charge is 0.368 e. The predicted octanol–water partition coefficient (Wildman–Crippen LogP) is 3.38. The van der Waals surface area contributed by atoms with E-state index in [1.54, 1.807) is 11.0 Å². The highest BCUT2D eigenvalue weighted by molar-refractivity contribution is 5.81. The van der Waals surface area contributed by atoms with E-state index in [1.165, 1.54) is 12.1 Å². The Kier molecular flexibility index (Phi) is 4.12. The van der Waals surface area contributed by atoms with Gasteiger partial charge in [0.25, 0.3) is 5.91 Å². The number of nitrogens with zero attached hydrogens (tertiary/aromatic N) is 1. The van der Waals surface area contributed by atoms with Crippen molar-refractivity contribution in [2.24, 2.45) is 0 Å². The SMILES string of the molecule is O=C(C1CCCO1)N(Cc1ccccc1C(F)(F)F)C1CC1. The lowest BCUT2D eigenvalue weighted by molar-refractivity contribution is -0.144. The van der Waals surface area contributed by atoms with Crippen molar-refractivity contribution in [1.82, 2.24) is 4.90 Å². The van der Waals surface area contributed by atoms with Crippen LogP contribution in [0.2, 0.25) is 0 Å². The molecule has 2 fully saturated rings. The number of amides is 1. The molecule has 1 amide bonds. The molecule has 1 aromatic rings. The molecular weight excluding hydrogens is 295 g/mol. The number of carbonyl (C=O) groups excluding carboxylic acids is 1. The second-order valence-corrected chi connectivity index (χ2v) is 5.85. The zero-order valence-corrected chi connectivity index (χ0v) is 12.1. The number of carbonyl (C=O) groups is 1. The van der Waals surface area contributed by atoms with Crippen molar-refractivity contribution in [2.45, 2.75) is 50.6 Å². The van der Waals surface area contributed by atoms with Crippen molar-refractivity contribution < 1.29 is 22.7 Å². The van der Waals surface area contributed by atoms with Crippen molar-refractivity contribution in [1.29, 1.82) is 0 Å². The van der Waals surface area contributed by atoms with E-state index in [2.05, 4.69) is 0 Å². The Bertz CT molecular complexity index is 549. The van der Waals surface area contributed by atoms with Crippen molar-refractivity contribution in [3.05, 3.63) is 35.4 Å². The minimum atomic E-state index is -4.40. The van der Waals surface area contributed by atoms with Gasteiger partial charge in [-0.15, -0.1) is 0 Å². The topological polar surface area (TPSA) is 29.5 Å². The van der Waals surface area contributed by atoms with Gasteiger partial charge in [-0.3, -0.25) is 4.79 Å². The van der Waals surface area contributed by atoms with Crippen LogP contribution in [0.5, 0.6) is 0 Å². The summed E-state index contributed by atoms with van der Waals surface area (Å²) in [6.45, 7) is 0.549. The summed E-state index contributed by atoms with van der Waals surface area (Å²) in [5, 5.41) is 0. The fraction of sp³-hybridized carbons (Fsp3) is 0.562. The Morgan fingerprint density at radius 2 is 1.95 bits per heavy atom. The first-order valence-electron chi connectivity index (χ1n) is 7.54. The molecule has 120 valence electrons. The van der Waals surface area contributed by atoms with E-state index >= 15 is 0 Å². The summed E-state index contributed by atoms with van der Waals surface area (Å²) >= 11 is 0. The van der Waals surface area contributed by atoms with Gasteiger partial charge in [0.1, 0.15) is 6.10 Å². The van der Waals surface area contributed by atoms with Crippen LogP contribution in [0.15, 0.2) is 24.3 Å². The minimum Gasteiger partial charge on any atom is -0.368 e. The van der Waals surface area contributed by atoms with Crippen LogP contribution in [0.3, 0.4) is 0 Å². The third kappa shape index (κ3) is 3.27. The highest BCUT2D eigenvalue weighted by atomic mass is 19.4. The quantitative estimate of drug-likeness (QED) is 0.853. The summed E-state index contributed by atoms with van der Waals surface area (Å²) in [6, 6.07) is 5.51. The van der Waals surface area contributed by atoms with Crippen LogP contribution in [-0.4, -0.2) is 29.6 Å². The van der Waals surface area contributed by atoms with E-state index in [-0.39, 0.29) is 24.1 Å². The number of rotatable bonds is 4. The van der Waals surface area contributed by atoms with Gasteiger partial charge in [0.15, 0.2) is 0 Å². The average molecular weight is 313 g/mol. The van der Waals surface area contributed by atoms with Gasteiger partial charge in [-0.25, -0.2) is 0 Å². The lowest BCUT2D eigenvalue weighted by Crippen LogP contribution is -2.40. The highest BCUT2D eigenvalue weighted by Crippen LogP contribution is 2.35. The van der Waals surface area contributed by atoms with Gasteiger partial charge < -0.3 is 9.64 Å². The van der Waals surface area contributed by atoms with Crippen molar-refractivity contribution in [3.8, 4) is 0 Å². The molecule has 1 saturated heterocycles. The van der Waals surface area contributed by atoms with E-state index < -0.39 is 17.8 Å². The van der Waals surface area contributed by atoms with Gasteiger partial charge in [0, 0.05) is 19.2 Å². The highest BCUT2D eigenvalue weighted by Gasteiger charge is 2.39. The largest absolute Gasteiger partial charge is 0.416 e. The molecule has 1 saturated carbocycles. The van der Waals surface area contributed by atoms with E-state index in [4.69, 9.17) is 4.74 Å². The monoisotopic (exact) mass is 313 g/mol. The molecule has 0 spiro atoms. The maximum absolute atomic E-state index is 13.1. The van der Waals surface area contributed by atoms with Gasteiger partial charge >= 0.3 is 6.18 Å². The van der Waals surface area contributed by atoms with Crippen molar-refractivity contribution in [2.75, 3.05) is 6.61 Å². The van der Waals surface area contributed by atoms with Gasteiger partial charge in [-0.2, -0.15) is 13.2 Å². The first-order chi connectivity index (χ1) is 10.5. The number of hydrogen-bond acceptors (Lipinski definition) is 2. The number of halogens is 3. The lowest BCUT2D eigenvalue weighted by Gasteiger charge is -2.26. The minimum absolute atomic E-state index is 0.000949. The molecule has 1 aliphatic heterocycles. The second-order valence-electron chi connectivity index (χ2n) is 5.85. The molecule has 1 unspecified atom stereocenters. The number of benzene rings is 1. The molecule has 22 heavy (non-hydrogen) atoms. The molecule has 1 aromatic carbocycles. The van der Waals surface area contributed by atoms with Crippen LogP contribution < -0.4 is 0 Å². The fourth-order valence-electron chi connectivity index (χ4n) is 2.85. The molecule has 3 rings (SSSR count). The summed E-state index contributed by atoms with van der Waals surface area (Å²) in [6.07, 6.45) is -1.70. The van der Waals surface area contributed by atoms with Gasteiger partial charge in [0.05, 0.1) is 5.56 Å². The van der Waals surface area contributed by atoms with Gasteiger partial charge in [-0.05, 0) is 37.3 Å². The molecule has 6 heteroatoms. The summed E-state index contributed by atoms with van der Waals surface area (Å²) < 4.78 is 44.7. The standard InChI is InChI=1S/C16H18F3NO2/c17-16(18,19)13-5-2-1-4-11(13)10-20(12-7-8-12)15(21)14-6-3-9-22-14/h1-2,4-5,12,14H,3,6-10H2. The maximum atomic E-state index is 13.1. The fourth-order valence-corrected chi connectivity index (χ4v) is 2.85. The average Bonchev–Trinajstić information content (AvgIpc) is 3.17. The predicted molar refractivity (Wildman–Crippen MR) is 74.0 cm³/mol. The van der Waals surface area contributed by atoms with Crippen molar-refractivity contribution >= 4 is 5.91 Å². The first kappa shape index (κ1) is 15.3. The van der Waals surface area contributed by atoms with Gasteiger partial charge in [-0.1, -0.05) is 18.2 Å². The van der Waals surface area contributed by atoms with Crippen LogP contribution in [0, 0.1) is 0 Å². The Morgan fingerprint density at radius 1 is 1.23 bits per heavy atom. The first-order valence-corrected chi connectivity index (χ1v) is 7.54. The van der Waals surface area contributed by atoms with E-state index in [9.17, 15) is 18.0 Å². The Hall–Kier alpha value is -1.56. The molecule has 0 radical (unpaired) electrons. The van der Waals surface area contributed by atoms with E-state index in [0.717, 1.165) is 25.3 Å². The Labute approximate surface area is 127 Å². The molecular formula is C16H18F3NO2. The lowest BCUT2D eigenvalue weighted by atomic mass is 10.1. The molecule has 2 aliphatic rings. The Morgan fingerprint density at radius 3 is 2.55 bits per heavy atom. The number of alkyl halides is 3. The molecule has 0 bridgehead atoms. The molecule has 3 nitrogen and oxygen atoms in total. The molecule has 0 N–H and O–H groups in total. The summed E-state index contributed by atoms with van der Waals surface area (Å²) in [7, 11) is 0. The van der Waals surface area contributed by atoms with Crippen LogP contribution in [-0.2, 0) is 22.3 Å². The number of ether oxygens (including phenoxy) is 1. The van der Waals surface area contributed by atoms with Crippen molar-refractivity contribution in [3.63, 3.8) is 0 Å². The van der Waals surface area contributed by atoms with E-state index in [0.29, 0.717) is 13.0 Å². The van der Waals surface area contributed by atoms with Crippen LogP contribution in [0.1, 0.15) is 36.8 Å². The maximum Gasteiger partial charge on any atom is 0.416 e. The number of hydrogen-bond donors (Lipinski definition) is 0. The van der Waals surface area contributed by atoms with Gasteiger partial charge in [0.2, 0.25) is 0 Å². The second kappa shape index (κ2) is 5.91. The van der Waals surface area contributed by atoms with Crippen LogP contribution >= 0.6 is 0 Å². The third-order valence-corrected chi connectivity index (χ3v) is 4.14. The van der Waals surface area contributed by atoms with Crippen LogP contribution in [0.25, 0.3) is 0 Å². The van der Waals surface area contributed by atoms with Crippen LogP contribution in [0.4, 0.5) is 13.2 Å². The molecule has 0 aromatic heterocycles.